The minimum atomic E-state index is -0.484. The van der Waals surface area contributed by atoms with Crippen LogP contribution in [0.5, 0.6) is 0 Å². The molecule has 94 valence electrons. The number of carbonyl (C=O) groups excluding carboxylic acids is 2. The number of imide groups is 1. The maximum Gasteiger partial charge on any atom is 0.267 e. The molecular weight excluding hydrogens is 258 g/mol. The molecule has 0 aliphatic carbocycles. The SMILES string of the molecule is CSC(=NN=O)N1C(=O)c2ccccc2C1=O.[OH-]. The highest BCUT2D eigenvalue weighted by Gasteiger charge is 2.38. The minimum absolute atomic E-state index is 0. The molecule has 1 aliphatic rings. The van der Waals surface area contributed by atoms with Crippen LogP contribution in [0.4, 0.5) is 0 Å². The van der Waals surface area contributed by atoms with E-state index in [-0.39, 0.29) is 10.6 Å². The Balaban J connectivity index is 0.00000162. The number of amides is 2. The monoisotopic (exact) mass is 266 g/mol. The normalized spacial score (nSPS) is 14.3. The molecule has 1 aromatic carbocycles. The molecule has 1 heterocycles. The second kappa shape index (κ2) is 5.52. The smallest absolute Gasteiger partial charge is 0.267 e. The number of hydrogen-bond donors (Lipinski definition) is 0. The van der Waals surface area contributed by atoms with E-state index in [1.165, 1.54) is 0 Å². The first-order valence-electron chi connectivity index (χ1n) is 4.62. The van der Waals surface area contributed by atoms with E-state index in [0.717, 1.165) is 16.7 Å². The number of fused-ring (bicyclic) bond motifs is 1. The van der Waals surface area contributed by atoms with Crippen LogP contribution in [0.2, 0.25) is 0 Å². The van der Waals surface area contributed by atoms with E-state index in [9.17, 15) is 14.5 Å². The Kier molecular flexibility index (Phi) is 4.29. The third-order valence-electron chi connectivity index (χ3n) is 2.29. The van der Waals surface area contributed by atoms with Crippen molar-refractivity contribution in [1.29, 1.82) is 0 Å². The fourth-order valence-corrected chi connectivity index (χ4v) is 2.04. The summed E-state index contributed by atoms with van der Waals surface area (Å²) >= 11 is 1.01. The van der Waals surface area contributed by atoms with Crippen LogP contribution in [0, 0.1) is 4.91 Å². The topological polar surface area (TPSA) is 109 Å². The van der Waals surface area contributed by atoms with Crippen molar-refractivity contribution in [1.82, 2.24) is 4.90 Å². The molecule has 2 rings (SSSR count). The summed E-state index contributed by atoms with van der Waals surface area (Å²) in [5.41, 5.74) is 0.621. The third-order valence-corrected chi connectivity index (χ3v) is 2.92. The molecule has 7 nitrogen and oxygen atoms in total. The fourth-order valence-electron chi connectivity index (χ4n) is 1.57. The van der Waals surface area contributed by atoms with Gasteiger partial charge in [0.1, 0.15) is 0 Å². The lowest BCUT2D eigenvalue weighted by atomic mass is 10.1. The van der Waals surface area contributed by atoms with Crippen molar-refractivity contribution in [2.75, 3.05) is 6.26 Å². The van der Waals surface area contributed by atoms with E-state index in [4.69, 9.17) is 0 Å². The first-order valence-corrected chi connectivity index (χ1v) is 5.85. The van der Waals surface area contributed by atoms with Crippen molar-refractivity contribution in [2.24, 2.45) is 10.4 Å². The Morgan fingerprint density at radius 3 is 2.06 bits per heavy atom. The fraction of sp³-hybridized carbons (Fsp3) is 0.100. The Morgan fingerprint density at radius 1 is 1.17 bits per heavy atom. The van der Waals surface area contributed by atoms with Gasteiger partial charge in [0, 0.05) is 0 Å². The molecule has 1 aromatic rings. The van der Waals surface area contributed by atoms with Crippen LogP contribution < -0.4 is 0 Å². The largest absolute Gasteiger partial charge is 0.870 e. The molecule has 0 aromatic heterocycles. The molecule has 1 N–H and O–H groups in total. The number of carbonyl (C=O) groups is 2. The van der Waals surface area contributed by atoms with Crippen LogP contribution >= 0.6 is 11.8 Å². The number of hydrogen-bond acceptors (Lipinski definition) is 6. The summed E-state index contributed by atoms with van der Waals surface area (Å²) in [5.74, 6) is -0.968. The highest BCUT2D eigenvalue weighted by molar-refractivity contribution is 8.13. The maximum absolute atomic E-state index is 11.9. The van der Waals surface area contributed by atoms with Crippen molar-refractivity contribution < 1.29 is 15.1 Å². The molecule has 0 spiro atoms. The number of nitrogens with zero attached hydrogens (tertiary/aromatic N) is 3. The molecule has 0 saturated carbocycles. The Bertz CT molecular complexity index is 509. The van der Waals surface area contributed by atoms with Crippen LogP contribution in [0.15, 0.2) is 34.7 Å². The van der Waals surface area contributed by atoms with Crippen LogP contribution in [-0.2, 0) is 0 Å². The molecule has 2 amide bonds. The van der Waals surface area contributed by atoms with Crippen LogP contribution in [0.1, 0.15) is 20.7 Å². The highest BCUT2D eigenvalue weighted by Crippen LogP contribution is 2.25. The zero-order valence-electron chi connectivity index (χ0n) is 9.23. The summed E-state index contributed by atoms with van der Waals surface area (Å²) in [6, 6.07) is 6.45. The van der Waals surface area contributed by atoms with Gasteiger partial charge in [-0.15, -0.1) is 4.91 Å². The van der Waals surface area contributed by atoms with E-state index >= 15 is 0 Å². The second-order valence-corrected chi connectivity index (χ2v) is 3.93. The summed E-state index contributed by atoms with van der Waals surface area (Å²) in [7, 11) is 0. The molecule has 0 bridgehead atoms. The number of rotatable bonds is 1. The molecular formula is C10H8N3O4S-. The molecule has 8 heteroatoms. The number of nitroso groups, excluding NO2 is 1. The highest BCUT2D eigenvalue weighted by atomic mass is 32.2. The van der Waals surface area contributed by atoms with Gasteiger partial charge in [-0.05, 0) is 18.4 Å². The molecule has 0 radical (unpaired) electrons. The van der Waals surface area contributed by atoms with E-state index in [1.807, 2.05) is 0 Å². The Labute approximate surface area is 106 Å². The van der Waals surface area contributed by atoms with E-state index in [2.05, 4.69) is 10.4 Å². The van der Waals surface area contributed by atoms with Gasteiger partial charge >= 0.3 is 0 Å². The third kappa shape index (κ3) is 2.03. The van der Waals surface area contributed by atoms with Gasteiger partial charge < -0.3 is 5.48 Å². The van der Waals surface area contributed by atoms with Crippen molar-refractivity contribution in [3.8, 4) is 0 Å². The number of benzene rings is 1. The summed E-state index contributed by atoms with van der Waals surface area (Å²) in [6.07, 6.45) is 1.60. The van der Waals surface area contributed by atoms with Crippen molar-refractivity contribution >= 4 is 28.7 Å². The standard InChI is InChI=1S/C10H7N3O3S.H2O/c1-17-10(11-12-16)13-8(14)6-4-2-3-5-7(6)9(13)15;/h2-5H,1H3;1H2/p-1. The zero-order valence-corrected chi connectivity index (χ0v) is 10.0. The van der Waals surface area contributed by atoms with Gasteiger partial charge in [-0.2, -0.15) is 0 Å². The van der Waals surface area contributed by atoms with Crippen LogP contribution in [-0.4, -0.2) is 33.6 Å². The first kappa shape index (κ1) is 14.0. The number of thioether (sulfide) groups is 1. The predicted molar refractivity (Wildman–Crippen MR) is 65.6 cm³/mol. The summed E-state index contributed by atoms with van der Waals surface area (Å²) in [5, 5.41) is 5.57. The molecule has 1 aliphatic heterocycles. The van der Waals surface area contributed by atoms with Gasteiger partial charge in [-0.25, -0.2) is 4.90 Å². The molecule has 0 fully saturated rings. The van der Waals surface area contributed by atoms with Crippen LogP contribution in [0.25, 0.3) is 0 Å². The van der Waals surface area contributed by atoms with E-state index in [1.54, 1.807) is 30.5 Å². The van der Waals surface area contributed by atoms with Gasteiger partial charge in [-0.3, -0.25) is 9.59 Å². The second-order valence-electron chi connectivity index (χ2n) is 3.16. The Morgan fingerprint density at radius 2 is 1.67 bits per heavy atom. The first-order chi connectivity index (χ1) is 8.20. The quantitative estimate of drug-likeness (QED) is 0.251. The molecule has 18 heavy (non-hydrogen) atoms. The van der Waals surface area contributed by atoms with Gasteiger partial charge in [0.05, 0.1) is 16.4 Å². The number of amidine groups is 1. The van der Waals surface area contributed by atoms with Crippen LogP contribution in [0.3, 0.4) is 0 Å². The van der Waals surface area contributed by atoms with Gasteiger partial charge in [-0.1, -0.05) is 29.0 Å². The lowest BCUT2D eigenvalue weighted by molar-refractivity contribution is 0.0752. The minimum Gasteiger partial charge on any atom is -0.870 e. The average Bonchev–Trinajstić information content (AvgIpc) is 2.61. The zero-order chi connectivity index (χ0) is 12.4. The molecule has 0 saturated heterocycles. The summed E-state index contributed by atoms with van der Waals surface area (Å²) in [6.45, 7) is 0. The summed E-state index contributed by atoms with van der Waals surface area (Å²) < 4.78 is 0. The van der Waals surface area contributed by atoms with Crippen molar-refractivity contribution in [3.05, 3.63) is 40.3 Å². The average molecular weight is 266 g/mol. The van der Waals surface area contributed by atoms with Crippen molar-refractivity contribution in [3.63, 3.8) is 0 Å². The summed E-state index contributed by atoms with van der Waals surface area (Å²) in [4.78, 5) is 34.9. The lowest BCUT2D eigenvalue weighted by Crippen LogP contribution is -2.34. The van der Waals surface area contributed by atoms with Gasteiger partial charge in [0.25, 0.3) is 11.8 Å². The van der Waals surface area contributed by atoms with E-state index < -0.39 is 11.8 Å². The van der Waals surface area contributed by atoms with Gasteiger partial charge in [0.15, 0.2) is 0 Å². The molecule has 0 atom stereocenters. The maximum atomic E-state index is 11.9. The van der Waals surface area contributed by atoms with Crippen molar-refractivity contribution in [2.45, 2.75) is 0 Å². The molecule has 0 unspecified atom stereocenters. The van der Waals surface area contributed by atoms with E-state index in [0.29, 0.717) is 11.1 Å². The van der Waals surface area contributed by atoms with Gasteiger partial charge in [0.2, 0.25) is 5.17 Å². The predicted octanol–water partition coefficient (Wildman–Crippen LogP) is 1.51. The lowest BCUT2D eigenvalue weighted by Gasteiger charge is -2.11. The Hall–Kier alpha value is -2.06.